The van der Waals surface area contributed by atoms with E-state index in [1.807, 2.05) is 39.0 Å². The van der Waals surface area contributed by atoms with Gasteiger partial charge in [0.2, 0.25) is 5.91 Å². The van der Waals surface area contributed by atoms with E-state index in [1.54, 1.807) is 7.11 Å². The van der Waals surface area contributed by atoms with Crippen molar-refractivity contribution < 1.29 is 19.0 Å². The predicted octanol–water partition coefficient (Wildman–Crippen LogP) is 4.49. The first kappa shape index (κ1) is 23.7. The van der Waals surface area contributed by atoms with Crippen molar-refractivity contribution in [3.63, 3.8) is 0 Å². The maximum absolute atomic E-state index is 12.6. The molecule has 0 spiro atoms. The Kier molecular flexibility index (Phi) is 9.68. The van der Waals surface area contributed by atoms with Gasteiger partial charge in [0.25, 0.3) is 0 Å². The first-order valence-corrected chi connectivity index (χ1v) is 10.7. The third-order valence-electron chi connectivity index (χ3n) is 4.78. The molecule has 0 aromatic heterocycles. The zero-order valence-corrected chi connectivity index (χ0v) is 18.9. The summed E-state index contributed by atoms with van der Waals surface area (Å²) in [4.78, 5) is 12.6. The van der Waals surface area contributed by atoms with Crippen molar-refractivity contribution >= 4 is 5.91 Å². The fourth-order valence-electron chi connectivity index (χ4n) is 3.21. The van der Waals surface area contributed by atoms with Crippen molar-refractivity contribution in [2.75, 3.05) is 20.3 Å². The highest BCUT2D eigenvalue weighted by Gasteiger charge is 2.18. The molecule has 0 heterocycles. The zero-order chi connectivity index (χ0) is 21.9. The molecule has 2 aromatic carbocycles. The lowest BCUT2D eigenvalue weighted by molar-refractivity contribution is -0.132. The molecule has 2 aromatic rings. The molecule has 0 unspecified atom stereocenters. The first-order chi connectivity index (χ1) is 14.4. The molecule has 0 saturated heterocycles. The van der Waals surface area contributed by atoms with E-state index in [9.17, 15) is 4.79 Å². The van der Waals surface area contributed by atoms with Crippen molar-refractivity contribution in [3.8, 4) is 11.5 Å². The number of aryl methyl sites for hydroxylation is 2. The summed E-state index contributed by atoms with van der Waals surface area (Å²) in [5, 5.41) is 3.01. The lowest BCUT2D eigenvalue weighted by Crippen LogP contribution is -2.37. The number of ether oxygens (including phenoxy) is 3. The number of benzene rings is 2. The normalized spacial score (nSPS) is 11.9. The molecule has 1 N–H and O–H groups in total. The smallest absolute Gasteiger partial charge is 0.249 e. The van der Waals surface area contributed by atoms with E-state index in [-0.39, 0.29) is 12.0 Å². The molecule has 2 rings (SSSR count). The summed E-state index contributed by atoms with van der Waals surface area (Å²) in [6.07, 6.45) is 1.83. The number of hydrogen-bond donors (Lipinski definition) is 1. The number of amides is 1. The van der Waals surface area contributed by atoms with Gasteiger partial charge in [-0.15, -0.1) is 0 Å². The maximum Gasteiger partial charge on any atom is 0.249 e. The molecular weight excluding hydrogens is 378 g/mol. The van der Waals surface area contributed by atoms with Gasteiger partial charge in [0.1, 0.15) is 6.10 Å². The van der Waals surface area contributed by atoms with Gasteiger partial charge in [0.15, 0.2) is 11.5 Å². The molecule has 30 heavy (non-hydrogen) atoms. The molecule has 0 bridgehead atoms. The Labute approximate surface area is 180 Å². The Morgan fingerprint density at radius 1 is 1.00 bits per heavy atom. The Hall–Kier alpha value is -2.53. The molecule has 0 aliphatic carbocycles. The number of carbonyl (C=O) groups is 1. The van der Waals surface area contributed by atoms with Crippen molar-refractivity contribution in [1.29, 1.82) is 0 Å². The van der Waals surface area contributed by atoms with Crippen LogP contribution in [0.15, 0.2) is 42.5 Å². The van der Waals surface area contributed by atoms with Gasteiger partial charge >= 0.3 is 0 Å². The minimum Gasteiger partial charge on any atom is -0.493 e. The third-order valence-corrected chi connectivity index (χ3v) is 4.78. The van der Waals surface area contributed by atoms with Gasteiger partial charge in [-0.25, -0.2) is 0 Å². The van der Waals surface area contributed by atoms with Crippen LogP contribution in [-0.2, 0) is 22.4 Å². The molecule has 0 saturated carbocycles. The molecule has 164 valence electrons. The number of methoxy groups -OCH3 is 1. The van der Waals surface area contributed by atoms with Crippen LogP contribution in [0.3, 0.4) is 0 Å². The van der Waals surface area contributed by atoms with Crippen molar-refractivity contribution in [2.24, 2.45) is 0 Å². The summed E-state index contributed by atoms with van der Waals surface area (Å²) < 4.78 is 16.9. The molecule has 1 atom stereocenters. The van der Waals surface area contributed by atoms with Gasteiger partial charge in [-0.3, -0.25) is 4.79 Å². The highest BCUT2D eigenvalue weighted by molar-refractivity contribution is 5.80. The van der Waals surface area contributed by atoms with Crippen LogP contribution in [0.5, 0.6) is 11.5 Å². The van der Waals surface area contributed by atoms with Crippen LogP contribution in [0.25, 0.3) is 0 Å². The van der Waals surface area contributed by atoms with E-state index in [2.05, 4.69) is 36.5 Å². The average Bonchev–Trinajstić information content (AvgIpc) is 2.72. The second kappa shape index (κ2) is 12.2. The Morgan fingerprint density at radius 2 is 1.70 bits per heavy atom. The van der Waals surface area contributed by atoms with E-state index in [4.69, 9.17) is 14.2 Å². The highest BCUT2D eigenvalue weighted by atomic mass is 16.5. The van der Waals surface area contributed by atoms with Gasteiger partial charge in [-0.05, 0) is 70.2 Å². The summed E-state index contributed by atoms with van der Waals surface area (Å²) in [5.74, 6) is 1.38. The monoisotopic (exact) mass is 413 g/mol. The van der Waals surface area contributed by atoms with E-state index in [0.717, 1.165) is 17.7 Å². The number of carbonyl (C=O) groups excluding carboxylic acids is 1. The van der Waals surface area contributed by atoms with Crippen molar-refractivity contribution in [2.45, 2.75) is 59.2 Å². The predicted molar refractivity (Wildman–Crippen MR) is 120 cm³/mol. The van der Waals surface area contributed by atoms with Crippen LogP contribution in [0.1, 0.15) is 43.9 Å². The number of hydrogen-bond acceptors (Lipinski definition) is 4. The summed E-state index contributed by atoms with van der Waals surface area (Å²) in [6, 6.07) is 14.3. The molecule has 5 heteroatoms. The molecule has 0 aliphatic rings. The summed E-state index contributed by atoms with van der Waals surface area (Å²) in [7, 11) is 1.63. The molecule has 5 nitrogen and oxygen atoms in total. The van der Waals surface area contributed by atoms with Crippen LogP contribution >= 0.6 is 0 Å². The van der Waals surface area contributed by atoms with Gasteiger partial charge in [-0.2, -0.15) is 0 Å². The summed E-state index contributed by atoms with van der Waals surface area (Å²) >= 11 is 0. The van der Waals surface area contributed by atoms with Crippen LogP contribution in [0.4, 0.5) is 0 Å². The van der Waals surface area contributed by atoms with Gasteiger partial charge in [0.05, 0.1) is 13.2 Å². The Bertz CT molecular complexity index is 786. The minimum atomic E-state index is -0.437. The lowest BCUT2D eigenvalue weighted by atomic mass is 10.0. The van der Waals surface area contributed by atoms with Crippen molar-refractivity contribution in [1.82, 2.24) is 5.32 Å². The van der Waals surface area contributed by atoms with Gasteiger partial charge < -0.3 is 19.5 Å². The maximum atomic E-state index is 12.6. The largest absolute Gasteiger partial charge is 0.493 e. The van der Waals surface area contributed by atoms with E-state index >= 15 is 0 Å². The SMILES string of the molecule is CCO[C@@H](CCc1ccc(C)cc1)C(=O)NCCc1ccc(OC(C)C)c(OC)c1. The summed E-state index contributed by atoms with van der Waals surface area (Å²) in [6.45, 7) is 9.01. The Morgan fingerprint density at radius 3 is 2.33 bits per heavy atom. The molecule has 1 amide bonds. The van der Waals surface area contributed by atoms with E-state index in [0.29, 0.717) is 31.7 Å². The fourth-order valence-corrected chi connectivity index (χ4v) is 3.21. The third kappa shape index (κ3) is 7.71. The topological polar surface area (TPSA) is 56.8 Å². The second-order valence-corrected chi connectivity index (χ2v) is 7.66. The fraction of sp³-hybridized carbons (Fsp3) is 0.480. The second-order valence-electron chi connectivity index (χ2n) is 7.66. The van der Waals surface area contributed by atoms with Crippen LogP contribution < -0.4 is 14.8 Å². The number of nitrogens with one attached hydrogen (secondary N) is 1. The van der Waals surface area contributed by atoms with Crippen LogP contribution in [0, 0.1) is 6.92 Å². The Balaban J connectivity index is 1.86. The molecular formula is C25H35NO4. The zero-order valence-electron chi connectivity index (χ0n) is 18.9. The number of rotatable bonds is 12. The molecule has 0 radical (unpaired) electrons. The highest BCUT2D eigenvalue weighted by Crippen LogP contribution is 2.29. The van der Waals surface area contributed by atoms with Crippen LogP contribution in [0.2, 0.25) is 0 Å². The van der Waals surface area contributed by atoms with E-state index in [1.165, 1.54) is 11.1 Å². The van der Waals surface area contributed by atoms with Crippen molar-refractivity contribution in [3.05, 3.63) is 59.2 Å². The standard InChI is InChI=1S/C25H35NO4/c1-6-29-23(14-11-20-9-7-19(4)8-10-20)25(27)26-16-15-21-12-13-22(30-18(2)3)24(17-21)28-5/h7-10,12-13,17-18,23H,6,11,14-16H2,1-5H3,(H,26,27)/t23-/m0/s1. The van der Waals surface area contributed by atoms with Crippen LogP contribution in [-0.4, -0.2) is 38.4 Å². The quantitative estimate of drug-likeness (QED) is 0.557. The molecule has 0 fully saturated rings. The van der Waals surface area contributed by atoms with Gasteiger partial charge in [-0.1, -0.05) is 35.9 Å². The average molecular weight is 414 g/mol. The first-order valence-electron chi connectivity index (χ1n) is 10.7. The lowest BCUT2D eigenvalue weighted by Gasteiger charge is -2.17. The van der Waals surface area contributed by atoms with E-state index < -0.39 is 6.10 Å². The summed E-state index contributed by atoms with van der Waals surface area (Å²) in [5.41, 5.74) is 3.53. The van der Waals surface area contributed by atoms with Gasteiger partial charge in [0, 0.05) is 13.2 Å². The molecule has 0 aliphatic heterocycles. The minimum absolute atomic E-state index is 0.0595.